The van der Waals surface area contributed by atoms with Crippen LogP contribution in [0.3, 0.4) is 0 Å². The molecule has 0 unspecified atom stereocenters. The van der Waals surface area contributed by atoms with Crippen molar-refractivity contribution >= 4 is 22.4 Å². The van der Waals surface area contributed by atoms with Gasteiger partial charge in [0.2, 0.25) is 0 Å². The highest BCUT2D eigenvalue weighted by molar-refractivity contribution is 7.17. The number of nitrogens with two attached hydrogens (primary N) is 1. The Bertz CT molecular complexity index is 515. The number of aryl methyl sites for hydroxylation is 1. The van der Waals surface area contributed by atoms with Crippen LogP contribution >= 0.6 is 11.3 Å². The second-order valence-corrected chi connectivity index (χ2v) is 4.13. The predicted octanol–water partition coefficient (Wildman–Crippen LogP) is 1.43. The third-order valence-electron chi connectivity index (χ3n) is 1.94. The number of aromatic nitrogens is 2. The molecule has 0 spiro atoms. The van der Waals surface area contributed by atoms with Gasteiger partial charge in [-0.15, -0.1) is 0 Å². The van der Waals surface area contributed by atoms with Gasteiger partial charge in [-0.25, -0.2) is 9.78 Å². The van der Waals surface area contributed by atoms with Gasteiger partial charge in [-0.05, 0) is 6.07 Å². The van der Waals surface area contributed by atoms with Crippen molar-refractivity contribution in [3.63, 3.8) is 0 Å². The highest BCUT2D eigenvalue weighted by atomic mass is 32.1. The Kier molecular flexibility index (Phi) is 2.20. The molecular weight excluding hydrogens is 214 g/mol. The molecule has 0 bridgehead atoms. The third-order valence-corrected chi connectivity index (χ3v) is 2.82. The summed E-state index contributed by atoms with van der Waals surface area (Å²) in [6, 6.07) is 1.81. The van der Waals surface area contributed by atoms with Crippen molar-refractivity contribution in [1.82, 2.24) is 9.55 Å². The molecule has 0 saturated carbocycles. The maximum Gasteiger partial charge on any atom is 0.348 e. The third kappa shape index (κ3) is 1.71. The van der Waals surface area contributed by atoms with Gasteiger partial charge in [-0.2, -0.15) is 0 Å². The number of thiazole rings is 1. The first-order chi connectivity index (χ1) is 7.08. The van der Waals surface area contributed by atoms with E-state index in [1.807, 2.05) is 17.8 Å². The molecule has 0 aliphatic carbocycles. The second-order valence-electron chi connectivity index (χ2n) is 3.10. The summed E-state index contributed by atoms with van der Waals surface area (Å²) < 4.78 is 1.83. The lowest BCUT2D eigenvalue weighted by molar-refractivity contribution is 0.0702. The fraction of sp³-hybridized carbons (Fsp3) is 0.111. The van der Waals surface area contributed by atoms with E-state index in [0.29, 0.717) is 5.69 Å². The fourth-order valence-electron chi connectivity index (χ4n) is 1.32. The summed E-state index contributed by atoms with van der Waals surface area (Å²) in [4.78, 5) is 15.1. The van der Waals surface area contributed by atoms with E-state index in [2.05, 4.69) is 4.98 Å². The number of carbonyl (C=O) groups is 1. The Hall–Kier alpha value is -1.82. The quantitative estimate of drug-likeness (QED) is 0.807. The number of nitrogens with zero attached hydrogens (tertiary/aromatic N) is 2. The lowest BCUT2D eigenvalue weighted by atomic mass is 10.2. The van der Waals surface area contributed by atoms with Crippen molar-refractivity contribution in [2.75, 3.05) is 5.73 Å². The Morgan fingerprint density at radius 2 is 2.40 bits per heavy atom. The van der Waals surface area contributed by atoms with Crippen molar-refractivity contribution in [3.05, 3.63) is 23.3 Å². The molecule has 2 aromatic rings. The summed E-state index contributed by atoms with van der Waals surface area (Å²) in [6.45, 7) is 0. The number of rotatable bonds is 2. The first-order valence-electron chi connectivity index (χ1n) is 4.20. The zero-order chi connectivity index (χ0) is 11.0. The summed E-state index contributed by atoms with van der Waals surface area (Å²) in [7, 11) is 1.86. The van der Waals surface area contributed by atoms with Gasteiger partial charge in [-0.1, -0.05) is 11.3 Å². The molecular formula is C9H9N3O2S. The molecule has 2 aromatic heterocycles. The normalized spacial score (nSPS) is 10.5. The molecule has 6 heteroatoms. The molecule has 0 aromatic carbocycles. The lowest BCUT2D eigenvalue weighted by Gasteiger charge is -1.93. The van der Waals surface area contributed by atoms with Crippen molar-refractivity contribution in [2.45, 2.75) is 0 Å². The zero-order valence-electron chi connectivity index (χ0n) is 7.97. The van der Waals surface area contributed by atoms with E-state index in [4.69, 9.17) is 10.8 Å². The van der Waals surface area contributed by atoms with E-state index in [0.717, 1.165) is 16.9 Å². The van der Waals surface area contributed by atoms with Crippen molar-refractivity contribution in [1.29, 1.82) is 0 Å². The van der Waals surface area contributed by atoms with Crippen LogP contribution in [0.4, 0.5) is 5.13 Å². The smallest absolute Gasteiger partial charge is 0.348 e. The Morgan fingerprint density at radius 3 is 2.93 bits per heavy atom. The second kappa shape index (κ2) is 3.39. The Morgan fingerprint density at radius 1 is 1.67 bits per heavy atom. The number of nitrogen functional groups attached to an aromatic ring is 1. The molecule has 0 atom stereocenters. The molecule has 2 heterocycles. The van der Waals surface area contributed by atoms with Gasteiger partial charge < -0.3 is 15.4 Å². The highest BCUT2D eigenvalue weighted by Crippen LogP contribution is 2.29. The lowest BCUT2D eigenvalue weighted by Crippen LogP contribution is -1.94. The van der Waals surface area contributed by atoms with Gasteiger partial charge in [0.1, 0.15) is 4.88 Å². The first-order valence-corrected chi connectivity index (χ1v) is 5.01. The van der Waals surface area contributed by atoms with Crippen LogP contribution in [0.25, 0.3) is 11.3 Å². The van der Waals surface area contributed by atoms with Crippen LogP contribution < -0.4 is 5.73 Å². The number of anilines is 1. The van der Waals surface area contributed by atoms with E-state index in [9.17, 15) is 4.79 Å². The summed E-state index contributed by atoms with van der Waals surface area (Å²) >= 11 is 0.984. The van der Waals surface area contributed by atoms with Crippen molar-refractivity contribution in [2.24, 2.45) is 7.05 Å². The Balaban J connectivity index is 2.56. The summed E-state index contributed by atoms with van der Waals surface area (Å²) in [6.07, 6.45) is 3.64. The maximum atomic E-state index is 10.9. The molecule has 15 heavy (non-hydrogen) atoms. The van der Waals surface area contributed by atoms with E-state index >= 15 is 0 Å². The van der Waals surface area contributed by atoms with E-state index in [1.165, 1.54) is 0 Å². The maximum absolute atomic E-state index is 10.9. The molecule has 3 N–H and O–H groups in total. The molecule has 0 amide bonds. The monoisotopic (exact) mass is 223 g/mol. The van der Waals surface area contributed by atoms with Gasteiger partial charge in [0.05, 0.1) is 5.69 Å². The molecule has 78 valence electrons. The SMILES string of the molecule is Cn1ccc(-c2nc(N)sc2C(=O)O)c1. The van der Waals surface area contributed by atoms with Crippen molar-refractivity contribution in [3.8, 4) is 11.3 Å². The van der Waals surface area contributed by atoms with Crippen LogP contribution in [0.2, 0.25) is 0 Å². The minimum atomic E-state index is -0.997. The van der Waals surface area contributed by atoms with Crippen molar-refractivity contribution < 1.29 is 9.90 Å². The summed E-state index contributed by atoms with van der Waals surface area (Å²) in [5.74, 6) is -0.997. The van der Waals surface area contributed by atoms with Crippen LogP contribution in [0.5, 0.6) is 0 Å². The molecule has 0 fully saturated rings. The number of carboxylic acids is 1. The number of hydrogen-bond acceptors (Lipinski definition) is 4. The average Bonchev–Trinajstić information content (AvgIpc) is 2.71. The predicted molar refractivity (Wildman–Crippen MR) is 57.9 cm³/mol. The first kappa shape index (κ1) is 9.72. The van der Waals surface area contributed by atoms with E-state index in [1.54, 1.807) is 12.3 Å². The standard InChI is InChI=1S/C9H9N3O2S/c1-12-3-2-5(4-12)6-7(8(13)14)15-9(10)11-6/h2-4H,1H3,(H2,10,11)(H,13,14). The average molecular weight is 223 g/mol. The van der Waals surface area contributed by atoms with Gasteiger partial charge in [0, 0.05) is 25.0 Å². The molecule has 0 aliphatic rings. The number of hydrogen-bond donors (Lipinski definition) is 2. The minimum Gasteiger partial charge on any atom is -0.477 e. The topological polar surface area (TPSA) is 81.1 Å². The summed E-state index contributed by atoms with van der Waals surface area (Å²) in [5, 5.41) is 9.22. The minimum absolute atomic E-state index is 0.179. The van der Waals surface area contributed by atoms with Gasteiger partial charge in [0.15, 0.2) is 5.13 Å². The van der Waals surface area contributed by atoms with Crippen LogP contribution in [0, 0.1) is 0 Å². The van der Waals surface area contributed by atoms with Crippen LogP contribution in [0.1, 0.15) is 9.67 Å². The summed E-state index contributed by atoms with van der Waals surface area (Å²) in [5.41, 5.74) is 6.70. The van der Waals surface area contributed by atoms with Crippen LogP contribution in [0.15, 0.2) is 18.5 Å². The van der Waals surface area contributed by atoms with Gasteiger partial charge >= 0.3 is 5.97 Å². The highest BCUT2D eigenvalue weighted by Gasteiger charge is 2.17. The molecule has 0 radical (unpaired) electrons. The largest absolute Gasteiger partial charge is 0.477 e. The fourth-order valence-corrected chi connectivity index (χ4v) is 2.01. The van der Waals surface area contributed by atoms with Crippen LogP contribution in [-0.4, -0.2) is 20.6 Å². The number of aromatic carboxylic acids is 1. The Labute approximate surface area is 89.8 Å². The molecule has 5 nitrogen and oxygen atoms in total. The van der Waals surface area contributed by atoms with E-state index < -0.39 is 5.97 Å². The van der Waals surface area contributed by atoms with Gasteiger partial charge in [-0.3, -0.25) is 0 Å². The molecule has 2 rings (SSSR count). The molecule has 0 saturated heterocycles. The van der Waals surface area contributed by atoms with Gasteiger partial charge in [0.25, 0.3) is 0 Å². The number of carboxylic acid groups (broad SMARTS) is 1. The van der Waals surface area contributed by atoms with E-state index in [-0.39, 0.29) is 10.0 Å². The van der Waals surface area contributed by atoms with Crippen LogP contribution in [-0.2, 0) is 7.05 Å². The molecule has 0 aliphatic heterocycles. The zero-order valence-corrected chi connectivity index (χ0v) is 8.78.